The molecule has 0 N–H and O–H groups in total. The summed E-state index contributed by atoms with van der Waals surface area (Å²) >= 11 is 0. The lowest BCUT2D eigenvalue weighted by Gasteiger charge is -2.35. The summed E-state index contributed by atoms with van der Waals surface area (Å²) in [5.74, 6) is 1.54. The molecule has 3 aromatic heterocycles. The topological polar surface area (TPSA) is 53.7 Å². The molecule has 0 bridgehead atoms. The lowest BCUT2D eigenvalue weighted by molar-refractivity contribution is -0.114. The minimum absolute atomic E-state index is 0.0405. The quantitative estimate of drug-likeness (QED) is 0.659. The Balaban J connectivity index is 1.37. The van der Waals surface area contributed by atoms with E-state index in [1.54, 1.807) is 0 Å². The predicted octanol–water partition coefficient (Wildman–Crippen LogP) is 3.41. The lowest BCUT2D eigenvalue weighted by Crippen LogP contribution is -2.46. The molecule has 3 aliphatic rings. The largest absolute Gasteiger partial charge is 0.354 e. The molecule has 1 saturated heterocycles. The van der Waals surface area contributed by atoms with E-state index in [1.807, 2.05) is 28.9 Å². The van der Waals surface area contributed by atoms with Crippen molar-refractivity contribution in [1.29, 1.82) is 0 Å². The number of rotatable bonds is 3. The van der Waals surface area contributed by atoms with E-state index in [4.69, 9.17) is 9.97 Å². The van der Waals surface area contributed by atoms with Crippen molar-refractivity contribution < 1.29 is 4.79 Å². The number of piperazine rings is 1. The van der Waals surface area contributed by atoms with Gasteiger partial charge in [-0.15, -0.1) is 0 Å². The highest BCUT2D eigenvalue weighted by molar-refractivity contribution is 6.27. The molecule has 0 aromatic carbocycles. The van der Waals surface area contributed by atoms with Crippen LogP contribution in [0.3, 0.4) is 0 Å². The Hall–Kier alpha value is -2.99. The maximum Gasteiger partial charge on any atom is 0.168 e. The van der Waals surface area contributed by atoms with E-state index in [9.17, 15) is 4.79 Å². The van der Waals surface area contributed by atoms with Crippen LogP contribution in [0.25, 0.3) is 17.3 Å². The van der Waals surface area contributed by atoms with Gasteiger partial charge < -0.3 is 14.2 Å². The number of carbonyl (C=O) groups excluding carboxylic acids is 1. The molecule has 4 heterocycles. The van der Waals surface area contributed by atoms with Crippen LogP contribution < -0.4 is 4.90 Å². The first-order valence-corrected chi connectivity index (χ1v) is 11.3. The van der Waals surface area contributed by atoms with Crippen LogP contribution in [0.15, 0.2) is 36.7 Å². The number of aromatic nitrogens is 3. The van der Waals surface area contributed by atoms with Gasteiger partial charge in [-0.05, 0) is 61.4 Å². The maximum atomic E-state index is 13.3. The third-order valence-electron chi connectivity index (χ3n) is 7.02. The van der Waals surface area contributed by atoms with Crippen LogP contribution in [-0.4, -0.2) is 57.8 Å². The van der Waals surface area contributed by atoms with Gasteiger partial charge in [-0.25, -0.2) is 9.97 Å². The van der Waals surface area contributed by atoms with Crippen molar-refractivity contribution >= 4 is 28.9 Å². The molecule has 0 radical (unpaired) electrons. The van der Waals surface area contributed by atoms with Gasteiger partial charge in [-0.3, -0.25) is 4.79 Å². The summed E-state index contributed by atoms with van der Waals surface area (Å²) < 4.78 is 1.99. The van der Waals surface area contributed by atoms with Crippen LogP contribution in [0.5, 0.6) is 0 Å². The number of anilines is 1. The molecule has 6 nitrogen and oxygen atoms in total. The monoisotopic (exact) mass is 413 g/mol. The summed E-state index contributed by atoms with van der Waals surface area (Å²) in [5.41, 5.74) is 5.67. The molecular weight excluding hydrogens is 386 g/mol. The van der Waals surface area contributed by atoms with Gasteiger partial charge >= 0.3 is 0 Å². The van der Waals surface area contributed by atoms with Gasteiger partial charge in [-0.1, -0.05) is 6.92 Å². The average molecular weight is 414 g/mol. The van der Waals surface area contributed by atoms with Crippen LogP contribution in [0.2, 0.25) is 0 Å². The molecule has 2 atom stereocenters. The first kappa shape index (κ1) is 18.8. The van der Waals surface area contributed by atoms with Gasteiger partial charge in [0.2, 0.25) is 0 Å². The molecule has 1 aliphatic heterocycles. The molecule has 1 saturated carbocycles. The molecule has 3 aromatic rings. The summed E-state index contributed by atoms with van der Waals surface area (Å²) in [6, 6.07) is 8.37. The molecule has 2 aliphatic carbocycles. The Kier molecular flexibility index (Phi) is 4.25. The van der Waals surface area contributed by atoms with Crippen molar-refractivity contribution in [2.45, 2.75) is 26.2 Å². The number of Topliss-reactive ketones (excluding diaryl/α,β-unsaturated/α-hetero) is 1. The highest BCUT2D eigenvalue weighted by atomic mass is 16.1. The van der Waals surface area contributed by atoms with E-state index in [0.29, 0.717) is 0 Å². The highest BCUT2D eigenvalue weighted by Crippen LogP contribution is 2.53. The number of hydrogen-bond donors (Lipinski definition) is 0. The number of aryl methyl sites for hydroxylation is 1. The van der Waals surface area contributed by atoms with E-state index < -0.39 is 0 Å². The van der Waals surface area contributed by atoms with E-state index in [0.717, 1.165) is 78.7 Å². The number of likely N-dealkylation sites (N-methyl/N-ethyl adjacent to an activating group) is 1. The van der Waals surface area contributed by atoms with Crippen LogP contribution >= 0.6 is 0 Å². The van der Waals surface area contributed by atoms with Crippen LogP contribution in [0.1, 0.15) is 41.8 Å². The third kappa shape index (κ3) is 3.17. The standard InChI is InChI=1S/C25H27N5O/c1-3-28-8-10-29(11-9-28)22-5-4-17-13-20(25(31)19-14-18(19)24(17)27-22)21-15-30-7-6-16(2)12-23(30)26-21/h4-7,12-13,15,18-19H,3,8-11,14H2,1-2H3. The molecular formula is C25H27N5O. The fraction of sp³-hybridized carbons (Fsp3) is 0.400. The van der Waals surface area contributed by atoms with Crippen LogP contribution in [0.4, 0.5) is 5.82 Å². The summed E-state index contributed by atoms with van der Waals surface area (Å²) in [5, 5.41) is 0. The number of imidazole rings is 1. The van der Waals surface area contributed by atoms with Gasteiger partial charge in [-0.2, -0.15) is 0 Å². The fourth-order valence-electron chi connectivity index (χ4n) is 4.99. The molecule has 0 spiro atoms. The Morgan fingerprint density at radius 1 is 1.06 bits per heavy atom. The van der Waals surface area contributed by atoms with Crippen molar-refractivity contribution in [2.24, 2.45) is 5.92 Å². The maximum absolute atomic E-state index is 13.3. The van der Waals surface area contributed by atoms with Crippen molar-refractivity contribution in [3.8, 4) is 0 Å². The van der Waals surface area contributed by atoms with Crippen molar-refractivity contribution in [3.63, 3.8) is 0 Å². The van der Waals surface area contributed by atoms with Gasteiger partial charge in [0.05, 0.1) is 11.4 Å². The van der Waals surface area contributed by atoms with Gasteiger partial charge in [0.15, 0.2) is 5.78 Å². The molecule has 31 heavy (non-hydrogen) atoms. The van der Waals surface area contributed by atoms with E-state index in [-0.39, 0.29) is 17.6 Å². The molecule has 2 fully saturated rings. The molecule has 6 heteroatoms. The predicted molar refractivity (Wildman–Crippen MR) is 122 cm³/mol. The zero-order chi connectivity index (χ0) is 21.1. The highest BCUT2D eigenvalue weighted by Gasteiger charge is 2.48. The minimum atomic E-state index is 0.0405. The fourth-order valence-corrected chi connectivity index (χ4v) is 4.99. The molecule has 2 unspecified atom stereocenters. The van der Waals surface area contributed by atoms with E-state index in [2.05, 4.69) is 41.8 Å². The number of ketones is 1. The second-order valence-electron chi connectivity index (χ2n) is 9.03. The van der Waals surface area contributed by atoms with Crippen molar-refractivity contribution in [1.82, 2.24) is 19.3 Å². The number of pyridine rings is 2. The normalized spacial score (nSPS) is 23.4. The Morgan fingerprint density at radius 3 is 2.71 bits per heavy atom. The Labute approximate surface area is 182 Å². The number of fused-ring (bicyclic) bond motifs is 4. The summed E-state index contributed by atoms with van der Waals surface area (Å²) in [6.07, 6.45) is 6.89. The number of allylic oxidation sites excluding steroid dienone is 1. The second kappa shape index (κ2) is 7.02. The Morgan fingerprint density at radius 2 is 1.90 bits per heavy atom. The zero-order valence-corrected chi connectivity index (χ0v) is 18.1. The third-order valence-corrected chi connectivity index (χ3v) is 7.02. The van der Waals surface area contributed by atoms with Gasteiger partial charge in [0.25, 0.3) is 0 Å². The lowest BCUT2D eigenvalue weighted by atomic mass is 10.0. The summed E-state index contributed by atoms with van der Waals surface area (Å²) in [6.45, 7) is 9.56. The van der Waals surface area contributed by atoms with Crippen molar-refractivity contribution in [2.75, 3.05) is 37.6 Å². The smallest absolute Gasteiger partial charge is 0.168 e. The van der Waals surface area contributed by atoms with Gasteiger partial charge in [0.1, 0.15) is 11.5 Å². The number of hydrogen-bond acceptors (Lipinski definition) is 5. The molecule has 0 amide bonds. The zero-order valence-electron chi connectivity index (χ0n) is 18.1. The summed E-state index contributed by atoms with van der Waals surface area (Å²) in [7, 11) is 0. The van der Waals surface area contributed by atoms with E-state index >= 15 is 0 Å². The molecule has 158 valence electrons. The SMILES string of the molecule is CCN1CCN(c2ccc3c(n2)C2CC2C(=O)C(c2cn4ccc(C)cc4n2)=C3)CC1. The minimum Gasteiger partial charge on any atom is -0.354 e. The molecule has 6 rings (SSSR count). The first-order valence-electron chi connectivity index (χ1n) is 11.3. The average Bonchev–Trinajstić information content (AvgIpc) is 3.50. The number of carbonyl (C=O) groups is 1. The van der Waals surface area contributed by atoms with Crippen molar-refractivity contribution in [3.05, 3.63) is 59.2 Å². The van der Waals surface area contributed by atoms with Crippen LogP contribution in [-0.2, 0) is 4.79 Å². The van der Waals surface area contributed by atoms with E-state index in [1.165, 1.54) is 0 Å². The number of nitrogens with zero attached hydrogens (tertiary/aromatic N) is 5. The van der Waals surface area contributed by atoms with Crippen LogP contribution in [0, 0.1) is 12.8 Å². The second-order valence-corrected chi connectivity index (χ2v) is 9.03. The Bertz CT molecular complexity index is 1220. The van der Waals surface area contributed by atoms with Gasteiger partial charge in [0, 0.05) is 56.0 Å². The first-order chi connectivity index (χ1) is 15.1. The summed E-state index contributed by atoms with van der Waals surface area (Å²) in [4.78, 5) is 28.0.